The smallest absolute Gasteiger partial charge is 0.326 e. The standard InChI is InChI=1S/C77H121N23O23S2/c1-8-39(6)61(99-70(117)54(17-13-27-85-77(82)83)100-40(7)28-44(78)74(100)121)73(120)98-60(38(4)5)72(119)92-47(22-24-55(79)104)65(112)96-53(36-125)69(116)90-45(16-12-26-84-76(80)81)64(111)94-51(34-102)68(115)97-59(37(2)3)71(118)91-46(23-25-58(107)108)62(109)86-32-57(106)89-50(33-101)67(114)95-52(35-124)63(110)87-31-56(105)88-48(29-41-14-10-9-11-15-41)66(113)93-49(75(122)123)30-42-18-20-43(103)21-19-42/h9-11,14-15,18-21,37-40,44-54,59-61,101-103,124-125H,8,12-13,16-17,22-36,78H2,1-7H3,(H2,79,104)(H,86,109)(H,87,110)(H,88,105)(H,89,106)(H,90,116)(H,91,118)(H,92,119)(H,93,113)(H,94,111)(H,95,114)(H,96,112)(H,97,115)(H,98,120)(H,99,117)(H,107,108)(H,122,123)(H4,80,81,84)(H4,82,83,85)/t39-,40?,44?,45?,46?,47?,48-,49-,50?,51?,52-,53-,54-,59-,60-,61-/m0/s1. The van der Waals surface area contributed by atoms with Gasteiger partial charge in [-0.15, -0.1) is 0 Å². The van der Waals surface area contributed by atoms with Gasteiger partial charge < -0.3 is 138 Å². The molecule has 694 valence electrons. The number of amides is 16. The van der Waals surface area contributed by atoms with Gasteiger partial charge in [0.1, 0.15) is 84.3 Å². The van der Waals surface area contributed by atoms with Crippen LogP contribution < -0.4 is 108 Å². The molecule has 0 spiro atoms. The molecule has 2 aromatic carbocycles. The highest BCUT2D eigenvalue weighted by Crippen LogP contribution is 2.25. The molecule has 0 saturated carbocycles. The molecule has 0 bridgehead atoms. The lowest BCUT2D eigenvalue weighted by atomic mass is 9.95. The molecular formula is C77H121N23O23S2. The van der Waals surface area contributed by atoms with Crippen LogP contribution in [0.2, 0.25) is 0 Å². The summed E-state index contributed by atoms with van der Waals surface area (Å²) in [6.07, 6.45) is -2.17. The van der Waals surface area contributed by atoms with Gasteiger partial charge in [0.2, 0.25) is 94.5 Å². The van der Waals surface area contributed by atoms with E-state index in [-0.39, 0.29) is 69.7 Å². The lowest BCUT2D eigenvalue weighted by Gasteiger charge is -2.34. The van der Waals surface area contributed by atoms with Crippen LogP contribution in [0.25, 0.3) is 0 Å². The zero-order valence-electron chi connectivity index (χ0n) is 70.5. The minimum Gasteiger partial charge on any atom is -0.508 e. The maximum absolute atomic E-state index is 14.4. The zero-order valence-corrected chi connectivity index (χ0v) is 72.3. The Kier molecular flexibility index (Phi) is 46.6. The molecule has 1 heterocycles. The number of nitrogens with one attached hydrogen (secondary N) is 18. The number of nitrogens with zero attached hydrogens (tertiary/aromatic N) is 1. The lowest BCUT2D eigenvalue weighted by molar-refractivity contribution is -0.142. The van der Waals surface area contributed by atoms with E-state index >= 15 is 0 Å². The molecule has 31 N–H and O–H groups in total. The number of carbonyl (C=O) groups is 18. The fourth-order valence-electron chi connectivity index (χ4n) is 12.6. The molecule has 16 atom stereocenters. The van der Waals surface area contributed by atoms with Gasteiger partial charge >= 0.3 is 11.9 Å². The van der Waals surface area contributed by atoms with Crippen molar-refractivity contribution in [2.75, 3.05) is 50.9 Å². The molecule has 1 saturated heterocycles. The number of carbonyl (C=O) groups excluding carboxylic acids is 16. The summed E-state index contributed by atoms with van der Waals surface area (Å²) in [5.41, 5.74) is 23.5. The number of benzene rings is 2. The highest BCUT2D eigenvalue weighted by atomic mass is 32.1. The third kappa shape index (κ3) is 37.4. The van der Waals surface area contributed by atoms with Crippen molar-refractivity contribution in [3.05, 3.63) is 65.7 Å². The first-order valence-corrected chi connectivity index (χ1v) is 41.6. The van der Waals surface area contributed by atoms with Crippen molar-refractivity contribution < 1.29 is 112 Å². The number of thiol groups is 2. The number of phenolic OH excluding ortho intramolecular Hbond substituents is 1. The number of hydrogen-bond acceptors (Lipinski definition) is 26. The largest absolute Gasteiger partial charge is 0.508 e. The second-order valence-electron chi connectivity index (χ2n) is 30.4. The summed E-state index contributed by atoms with van der Waals surface area (Å²) in [5.74, 6) is -22.9. The number of aliphatic carboxylic acids is 2. The third-order valence-electron chi connectivity index (χ3n) is 19.8. The average Bonchev–Trinajstić information content (AvgIpc) is 1.66. The average molecular weight is 1800 g/mol. The van der Waals surface area contributed by atoms with E-state index in [2.05, 4.69) is 110 Å². The Bertz CT molecular complexity index is 4080. The van der Waals surface area contributed by atoms with Crippen LogP contribution in [0.5, 0.6) is 5.75 Å². The number of phenols is 1. The third-order valence-corrected chi connectivity index (χ3v) is 20.5. The highest BCUT2D eigenvalue weighted by Gasteiger charge is 2.44. The van der Waals surface area contributed by atoms with Crippen molar-refractivity contribution in [1.29, 1.82) is 10.8 Å². The maximum atomic E-state index is 14.4. The monoisotopic (exact) mass is 1800 g/mol. The van der Waals surface area contributed by atoms with E-state index < -0.39 is 284 Å². The summed E-state index contributed by atoms with van der Waals surface area (Å²) < 4.78 is 0. The Labute approximate surface area is 732 Å². The number of aromatic hydroxyl groups is 1. The Hall–Kier alpha value is -12.2. The van der Waals surface area contributed by atoms with Gasteiger partial charge in [-0.2, -0.15) is 25.3 Å². The molecule has 7 unspecified atom stereocenters. The number of nitrogens with two attached hydrogens (primary N) is 4. The van der Waals surface area contributed by atoms with E-state index in [0.29, 0.717) is 17.5 Å². The van der Waals surface area contributed by atoms with Crippen LogP contribution >= 0.6 is 25.3 Å². The molecule has 1 fully saturated rings. The molecule has 0 aliphatic carbocycles. The van der Waals surface area contributed by atoms with Crippen molar-refractivity contribution in [2.45, 2.75) is 216 Å². The number of rotatable bonds is 56. The van der Waals surface area contributed by atoms with Crippen LogP contribution in [0.3, 0.4) is 0 Å². The van der Waals surface area contributed by atoms with E-state index in [1.54, 1.807) is 65.0 Å². The zero-order chi connectivity index (χ0) is 94.1. The molecule has 48 heteroatoms. The number of hydrogen-bond donors (Lipinski definition) is 29. The summed E-state index contributed by atoms with van der Waals surface area (Å²) in [5, 5.41) is 104. The number of carboxylic acids is 2. The molecule has 0 radical (unpaired) electrons. The number of aliphatic hydroxyl groups is 2. The Morgan fingerprint density at radius 3 is 1.32 bits per heavy atom. The van der Waals surface area contributed by atoms with Gasteiger partial charge in [0.25, 0.3) is 0 Å². The summed E-state index contributed by atoms with van der Waals surface area (Å²) in [4.78, 5) is 245. The summed E-state index contributed by atoms with van der Waals surface area (Å²) in [7, 11) is 0. The molecule has 2 aromatic rings. The van der Waals surface area contributed by atoms with E-state index in [1.165, 1.54) is 43.0 Å². The fourth-order valence-corrected chi connectivity index (χ4v) is 13.1. The molecule has 16 amide bonds. The molecule has 1 aliphatic rings. The molecule has 125 heavy (non-hydrogen) atoms. The number of guanidine groups is 2. The molecule has 3 rings (SSSR count). The van der Waals surface area contributed by atoms with Crippen molar-refractivity contribution >= 4 is 144 Å². The topological polar surface area (TPSA) is 756 Å². The first-order valence-electron chi connectivity index (χ1n) is 40.3. The minimum atomic E-state index is -1.93. The molecule has 1 aliphatic heterocycles. The van der Waals surface area contributed by atoms with Gasteiger partial charge in [-0.1, -0.05) is 90.4 Å². The Morgan fingerprint density at radius 1 is 0.464 bits per heavy atom. The van der Waals surface area contributed by atoms with Gasteiger partial charge in [0, 0.05) is 56.3 Å². The Morgan fingerprint density at radius 2 is 0.848 bits per heavy atom. The van der Waals surface area contributed by atoms with Crippen LogP contribution in [-0.2, 0) is 99.1 Å². The van der Waals surface area contributed by atoms with Crippen molar-refractivity contribution in [3.8, 4) is 5.75 Å². The Balaban J connectivity index is 1.75. The number of likely N-dealkylation sites (tertiary alicyclic amines) is 1. The van der Waals surface area contributed by atoms with Gasteiger partial charge in [-0.3, -0.25) is 92.3 Å². The number of carboxylic acid groups (broad SMARTS) is 2. The lowest BCUT2D eigenvalue weighted by Crippen LogP contribution is -2.62. The van der Waals surface area contributed by atoms with Crippen molar-refractivity contribution in [1.82, 2.24) is 90.0 Å². The molecule has 0 aromatic heterocycles. The highest BCUT2D eigenvalue weighted by molar-refractivity contribution is 7.80. The second-order valence-corrected chi connectivity index (χ2v) is 31.2. The predicted molar refractivity (Wildman–Crippen MR) is 456 cm³/mol. The number of primary amides is 1. The summed E-state index contributed by atoms with van der Waals surface area (Å²) >= 11 is 8.34. The van der Waals surface area contributed by atoms with Gasteiger partial charge in [-0.25, -0.2) is 4.79 Å². The summed E-state index contributed by atoms with van der Waals surface area (Å²) in [6, 6.07) is -7.96. The van der Waals surface area contributed by atoms with Crippen LogP contribution in [0.1, 0.15) is 124 Å². The SMILES string of the molecule is CC[C@H](C)[C@H](NC(=O)[C@H](CCCNC(=N)N)N1C(=O)C(N)CC1C)C(=O)N[C@H](C(=O)NC(CCC(N)=O)C(=O)N[C@@H](CS)C(=O)NC(CCCNC(=N)N)C(=O)NC(CO)C(=O)N[C@H](C(=O)NC(CCC(=O)O)C(=O)NCC(=O)NC(CO)C(=O)N[C@@H](CS)C(=O)NCC(=O)N[C@@H](Cc1ccccc1)C(=O)N[C@@H](Cc1ccc(O)cc1)C(=O)O)C(C)C)C(C)C. The van der Waals surface area contributed by atoms with E-state index in [0.717, 1.165) is 0 Å². The minimum absolute atomic E-state index is 0.0394. The van der Waals surface area contributed by atoms with Crippen molar-refractivity contribution in [3.63, 3.8) is 0 Å². The van der Waals surface area contributed by atoms with Crippen LogP contribution in [0.15, 0.2) is 54.6 Å². The van der Waals surface area contributed by atoms with E-state index in [9.17, 15) is 112 Å². The number of aliphatic hydroxyl groups excluding tert-OH is 2. The van der Waals surface area contributed by atoms with Crippen LogP contribution in [0.4, 0.5) is 0 Å². The molecule has 46 nitrogen and oxygen atoms in total. The first-order chi connectivity index (χ1) is 58.9. The quantitative estimate of drug-likeness (QED) is 0.0127. The normalized spacial score (nSPS) is 16.3. The molecular weight excluding hydrogens is 1680 g/mol. The van der Waals surface area contributed by atoms with E-state index in [4.69, 9.17) is 33.8 Å². The van der Waals surface area contributed by atoms with Gasteiger partial charge in [0.05, 0.1) is 32.3 Å². The van der Waals surface area contributed by atoms with E-state index in [1.807, 2.05) is 0 Å². The van der Waals surface area contributed by atoms with Crippen LogP contribution in [-0.4, -0.2) is 290 Å². The van der Waals surface area contributed by atoms with Gasteiger partial charge in [-0.05, 0) is 92.9 Å². The van der Waals surface area contributed by atoms with Crippen molar-refractivity contribution in [2.24, 2.45) is 40.7 Å². The first kappa shape index (κ1) is 107. The summed E-state index contributed by atoms with van der Waals surface area (Å²) in [6.45, 7) is 7.10. The predicted octanol–water partition coefficient (Wildman–Crippen LogP) is -8.51. The second kappa shape index (κ2) is 54.4. The maximum Gasteiger partial charge on any atom is 0.326 e. The van der Waals surface area contributed by atoms with Crippen LogP contribution in [0, 0.1) is 28.6 Å². The van der Waals surface area contributed by atoms with Gasteiger partial charge in [0.15, 0.2) is 11.9 Å². The fraction of sp³-hybridized carbons (Fsp3) is 0.584.